The highest BCUT2D eigenvalue weighted by atomic mass is 35.5. The number of hydrogen-bond donors (Lipinski definition) is 2. The van der Waals surface area contributed by atoms with E-state index in [-0.39, 0.29) is 13.2 Å². The van der Waals surface area contributed by atoms with Gasteiger partial charge in [-0.2, -0.15) is 0 Å². The molecule has 1 atom stereocenters. The highest BCUT2D eigenvalue weighted by Crippen LogP contribution is 2.23. The quantitative estimate of drug-likeness (QED) is 0.739. The van der Waals surface area contributed by atoms with Crippen LogP contribution in [0.5, 0.6) is 5.75 Å². The number of aliphatic hydroxyl groups excluding tert-OH is 2. The van der Waals surface area contributed by atoms with Gasteiger partial charge in [-0.15, -0.1) is 0 Å². The fourth-order valence-electron chi connectivity index (χ4n) is 2.32. The summed E-state index contributed by atoms with van der Waals surface area (Å²) in [5.41, 5.74) is 1.14. The number of benzene rings is 2. The van der Waals surface area contributed by atoms with Crippen molar-refractivity contribution in [3.05, 3.63) is 65.2 Å². The van der Waals surface area contributed by atoms with Crippen LogP contribution < -0.4 is 4.74 Å². The minimum absolute atomic E-state index is 0.0466. The number of para-hydroxylation sites is 1. The molecule has 0 aliphatic heterocycles. The van der Waals surface area contributed by atoms with Crippen LogP contribution in [0, 0.1) is 0 Å². The zero-order valence-corrected chi connectivity index (χ0v) is 13.7. The molecule has 0 unspecified atom stereocenters. The van der Waals surface area contributed by atoms with Gasteiger partial charge in [-0.05, 0) is 17.7 Å². The second kappa shape index (κ2) is 9.53. The fourth-order valence-corrected chi connectivity index (χ4v) is 2.51. The summed E-state index contributed by atoms with van der Waals surface area (Å²) in [5.74, 6) is 0.560. The molecule has 0 aliphatic rings. The molecular weight excluding hydrogens is 314 g/mol. The van der Waals surface area contributed by atoms with Crippen molar-refractivity contribution in [2.75, 3.05) is 26.3 Å². The van der Waals surface area contributed by atoms with E-state index < -0.39 is 6.10 Å². The van der Waals surface area contributed by atoms with Gasteiger partial charge in [0.15, 0.2) is 0 Å². The second-order valence-electron chi connectivity index (χ2n) is 5.34. The van der Waals surface area contributed by atoms with Gasteiger partial charge in [0.05, 0.1) is 11.6 Å². The molecule has 0 fully saturated rings. The normalized spacial score (nSPS) is 12.3. The molecular formula is C18H22ClNO3. The molecule has 0 saturated heterocycles. The first-order valence-electron chi connectivity index (χ1n) is 7.61. The van der Waals surface area contributed by atoms with Crippen molar-refractivity contribution in [2.24, 2.45) is 0 Å². The van der Waals surface area contributed by atoms with E-state index in [1.54, 1.807) is 12.1 Å². The molecule has 23 heavy (non-hydrogen) atoms. The van der Waals surface area contributed by atoms with E-state index in [1.165, 1.54) is 0 Å². The van der Waals surface area contributed by atoms with Crippen molar-refractivity contribution in [1.82, 2.24) is 4.90 Å². The lowest BCUT2D eigenvalue weighted by Crippen LogP contribution is -2.37. The van der Waals surface area contributed by atoms with E-state index in [2.05, 4.69) is 0 Å². The maximum atomic E-state index is 10.2. The van der Waals surface area contributed by atoms with E-state index >= 15 is 0 Å². The van der Waals surface area contributed by atoms with E-state index in [0.717, 1.165) is 5.56 Å². The van der Waals surface area contributed by atoms with Crippen molar-refractivity contribution in [3.63, 3.8) is 0 Å². The molecule has 0 amide bonds. The van der Waals surface area contributed by atoms with Gasteiger partial charge in [-0.1, -0.05) is 54.1 Å². The minimum Gasteiger partial charge on any atom is -0.489 e. The molecule has 2 rings (SSSR count). The molecule has 0 spiro atoms. The first kappa shape index (κ1) is 17.8. The standard InChI is InChI=1S/C18H22ClNO3/c19-17-8-4-5-9-18(17)23-14-16(22)13-20(10-11-21)12-15-6-2-1-3-7-15/h1-9,16,21-22H,10-14H2/t16-/m0/s1. The third kappa shape index (κ3) is 6.20. The van der Waals surface area contributed by atoms with Crippen LogP contribution in [-0.2, 0) is 6.54 Å². The molecule has 2 aromatic rings. The monoisotopic (exact) mass is 335 g/mol. The average molecular weight is 336 g/mol. The summed E-state index contributed by atoms with van der Waals surface area (Å²) in [6.45, 7) is 1.79. The maximum Gasteiger partial charge on any atom is 0.138 e. The van der Waals surface area contributed by atoms with Gasteiger partial charge >= 0.3 is 0 Å². The lowest BCUT2D eigenvalue weighted by atomic mass is 10.2. The Labute approximate surface area is 141 Å². The molecule has 0 aliphatic carbocycles. The van der Waals surface area contributed by atoms with Crippen LogP contribution in [0.25, 0.3) is 0 Å². The Bertz CT molecular complexity index is 579. The first-order chi connectivity index (χ1) is 11.2. The Morgan fingerprint density at radius 1 is 1.04 bits per heavy atom. The van der Waals surface area contributed by atoms with Gasteiger partial charge in [-0.25, -0.2) is 0 Å². The highest BCUT2D eigenvalue weighted by molar-refractivity contribution is 6.32. The molecule has 0 saturated carbocycles. The molecule has 2 aromatic carbocycles. The van der Waals surface area contributed by atoms with Gasteiger partial charge in [-0.3, -0.25) is 4.90 Å². The summed E-state index contributed by atoms with van der Waals surface area (Å²) in [6, 6.07) is 17.1. The Balaban J connectivity index is 1.85. The average Bonchev–Trinajstić information content (AvgIpc) is 2.55. The fraction of sp³-hybridized carbons (Fsp3) is 0.333. The molecule has 0 radical (unpaired) electrons. The molecule has 5 heteroatoms. The minimum atomic E-state index is -0.665. The van der Waals surface area contributed by atoms with Crippen molar-refractivity contribution in [3.8, 4) is 5.75 Å². The lowest BCUT2D eigenvalue weighted by Gasteiger charge is -2.24. The van der Waals surface area contributed by atoms with Crippen LogP contribution in [0.2, 0.25) is 5.02 Å². The number of rotatable bonds is 9. The third-order valence-electron chi connectivity index (χ3n) is 3.40. The third-order valence-corrected chi connectivity index (χ3v) is 3.71. The zero-order chi connectivity index (χ0) is 16.5. The Kier molecular flexibility index (Phi) is 7.36. The zero-order valence-electron chi connectivity index (χ0n) is 12.9. The molecule has 0 aromatic heterocycles. The van der Waals surface area contributed by atoms with Crippen LogP contribution in [0.3, 0.4) is 0 Å². The molecule has 124 valence electrons. The summed E-state index contributed by atoms with van der Waals surface area (Å²) >= 11 is 6.02. The summed E-state index contributed by atoms with van der Waals surface area (Å²) in [6.07, 6.45) is -0.665. The number of halogens is 1. The topological polar surface area (TPSA) is 52.9 Å². The van der Waals surface area contributed by atoms with Gasteiger partial charge in [0.2, 0.25) is 0 Å². The van der Waals surface area contributed by atoms with Gasteiger partial charge in [0, 0.05) is 19.6 Å². The predicted molar refractivity (Wildman–Crippen MR) is 91.8 cm³/mol. The number of aliphatic hydroxyl groups is 2. The van der Waals surface area contributed by atoms with Crippen LogP contribution in [0.1, 0.15) is 5.56 Å². The molecule has 4 nitrogen and oxygen atoms in total. The number of ether oxygens (including phenoxy) is 1. The summed E-state index contributed by atoms with van der Waals surface area (Å²) in [5, 5.41) is 19.9. The lowest BCUT2D eigenvalue weighted by molar-refractivity contribution is 0.0590. The van der Waals surface area contributed by atoms with Gasteiger partial charge in [0.25, 0.3) is 0 Å². The van der Waals surface area contributed by atoms with Crippen molar-refractivity contribution < 1.29 is 14.9 Å². The van der Waals surface area contributed by atoms with E-state index in [1.807, 2.05) is 47.4 Å². The summed E-state index contributed by atoms with van der Waals surface area (Å²) in [7, 11) is 0. The number of nitrogens with zero attached hydrogens (tertiary/aromatic N) is 1. The maximum absolute atomic E-state index is 10.2. The van der Waals surface area contributed by atoms with E-state index in [4.69, 9.17) is 16.3 Å². The highest BCUT2D eigenvalue weighted by Gasteiger charge is 2.13. The van der Waals surface area contributed by atoms with Crippen LogP contribution >= 0.6 is 11.6 Å². The molecule has 2 N–H and O–H groups in total. The largest absolute Gasteiger partial charge is 0.489 e. The SMILES string of the molecule is OCCN(Cc1ccccc1)C[C@H](O)COc1ccccc1Cl. The second-order valence-corrected chi connectivity index (χ2v) is 5.75. The van der Waals surface area contributed by atoms with Crippen LogP contribution in [0.4, 0.5) is 0 Å². The van der Waals surface area contributed by atoms with Crippen molar-refractivity contribution in [2.45, 2.75) is 12.6 Å². The van der Waals surface area contributed by atoms with Crippen LogP contribution in [-0.4, -0.2) is 47.5 Å². The van der Waals surface area contributed by atoms with Crippen molar-refractivity contribution in [1.29, 1.82) is 0 Å². The van der Waals surface area contributed by atoms with Crippen molar-refractivity contribution >= 4 is 11.6 Å². The molecule has 0 heterocycles. The predicted octanol–water partition coefficient (Wildman–Crippen LogP) is 2.57. The van der Waals surface area contributed by atoms with E-state index in [0.29, 0.717) is 30.4 Å². The summed E-state index contributed by atoms with van der Waals surface area (Å²) in [4.78, 5) is 2.00. The van der Waals surface area contributed by atoms with Gasteiger partial charge < -0.3 is 14.9 Å². The summed E-state index contributed by atoms with van der Waals surface area (Å²) < 4.78 is 5.56. The molecule has 0 bridgehead atoms. The smallest absolute Gasteiger partial charge is 0.138 e. The number of hydrogen-bond acceptors (Lipinski definition) is 4. The Morgan fingerprint density at radius 3 is 2.43 bits per heavy atom. The van der Waals surface area contributed by atoms with Crippen LogP contribution in [0.15, 0.2) is 54.6 Å². The van der Waals surface area contributed by atoms with Gasteiger partial charge in [0.1, 0.15) is 18.5 Å². The van der Waals surface area contributed by atoms with E-state index in [9.17, 15) is 10.2 Å². The first-order valence-corrected chi connectivity index (χ1v) is 7.99. The Hall–Kier alpha value is -1.59. The Morgan fingerprint density at radius 2 is 1.74 bits per heavy atom.